The second-order valence-corrected chi connectivity index (χ2v) is 6.63. The minimum atomic E-state index is 0.0237. The second-order valence-electron chi connectivity index (χ2n) is 6.63. The summed E-state index contributed by atoms with van der Waals surface area (Å²) < 4.78 is 1.85. The monoisotopic (exact) mass is 369 g/mol. The van der Waals surface area contributed by atoms with Crippen LogP contribution < -0.4 is 0 Å². The quantitative estimate of drug-likeness (QED) is 0.811. The van der Waals surface area contributed by atoms with E-state index in [1.165, 1.54) is 0 Å². The van der Waals surface area contributed by atoms with Crippen LogP contribution in [-0.2, 0) is 6.54 Å². The zero-order chi connectivity index (χ0) is 19.2. The van der Waals surface area contributed by atoms with Gasteiger partial charge in [-0.3, -0.25) is 9.48 Å². The Kier molecular flexibility index (Phi) is 6.11. The van der Waals surface area contributed by atoms with E-state index in [0.29, 0.717) is 51.4 Å². The highest BCUT2D eigenvalue weighted by Gasteiger charge is 2.26. The van der Waals surface area contributed by atoms with Crippen LogP contribution in [0.25, 0.3) is 0 Å². The van der Waals surface area contributed by atoms with E-state index in [1.807, 2.05) is 69.8 Å². The molecule has 0 N–H and O–H groups in total. The van der Waals surface area contributed by atoms with Crippen LogP contribution in [0, 0.1) is 0 Å². The van der Waals surface area contributed by atoms with E-state index in [4.69, 9.17) is 0 Å². The van der Waals surface area contributed by atoms with E-state index in [0.717, 1.165) is 5.56 Å². The number of urea groups is 1. The van der Waals surface area contributed by atoms with Crippen molar-refractivity contribution in [2.24, 2.45) is 0 Å². The van der Waals surface area contributed by atoms with Crippen molar-refractivity contribution in [2.45, 2.75) is 20.4 Å². The highest BCUT2D eigenvalue weighted by atomic mass is 16.2. The molecule has 3 rings (SSSR count). The SMILES string of the molecule is CCN(CC)C(=O)N1CCN(C(=O)c2ccc(Cn3cccn3)cc2)CC1. The average Bonchev–Trinajstić information content (AvgIpc) is 3.22. The fourth-order valence-corrected chi connectivity index (χ4v) is 3.31. The van der Waals surface area contributed by atoms with Crippen molar-refractivity contribution in [3.05, 3.63) is 53.9 Å². The van der Waals surface area contributed by atoms with E-state index in [2.05, 4.69) is 5.10 Å². The highest BCUT2D eigenvalue weighted by Crippen LogP contribution is 2.12. The van der Waals surface area contributed by atoms with Crippen molar-refractivity contribution in [3.63, 3.8) is 0 Å². The topological polar surface area (TPSA) is 61.7 Å². The normalized spacial score (nSPS) is 14.3. The Hall–Kier alpha value is -2.83. The number of rotatable bonds is 5. The first-order valence-corrected chi connectivity index (χ1v) is 9.51. The van der Waals surface area contributed by atoms with Gasteiger partial charge in [0.1, 0.15) is 0 Å². The minimum Gasteiger partial charge on any atom is -0.335 e. The first-order chi connectivity index (χ1) is 13.1. The Morgan fingerprint density at radius 2 is 1.63 bits per heavy atom. The summed E-state index contributed by atoms with van der Waals surface area (Å²) in [6, 6.07) is 9.63. The zero-order valence-electron chi connectivity index (χ0n) is 16.0. The lowest BCUT2D eigenvalue weighted by molar-refractivity contribution is 0.0641. The third-order valence-corrected chi connectivity index (χ3v) is 4.98. The number of hydrogen-bond acceptors (Lipinski definition) is 3. The molecule has 144 valence electrons. The van der Waals surface area contributed by atoms with Crippen LogP contribution in [0.1, 0.15) is 29.8 Å². The van der Waals surface area contributed by atoms with Gasteiger partial charge in [-0.15, -0.1) is 0 Å². The Morgan fingerprint density at radius 1 is 1.00 bits per heavy atom. The number of carbonyl (C=O) groups is 2. The molecule has 0 aliphatic carbocycles. The maximum Gasteiger partial charge on any atom is 0.320 e. The lowest BCUT2D eigenvalue weighted by Crippen LogP contribution is -2.54. The van der Waals surface area contributed by atoms with Gasteiger partial charge in [-0.1, -0.05) is 12.1 Å². The fourth-order valence-electron chi connectivity index (χ4n) is 3.31. The standard InChI is InChI=1S/C20H27N5O2/c1-3-22(4-2)20(27)24-14-12-23(13-15-24)19(26)18-8-6-17(7-9-18)16-25-11-5-10-21-25/h5-11H,3-4,12-16H2,1-2H3. The van der Waals surface area contributed by atoms with Crippen LogP contribution in [0.5, 0.6) is 0 Å². The van der Waals surface area contributed by atoms with Crippen molar-refractivity contribution in [2.75, 3.05) is 39.3 Å². The molecule has 1 aromatic heterocycles. The molecular formula is C20H27N5O2. The number of hydrogen-bond donors (Lipinski definition) is 0. The summed E-state index contributed by atoms with van der Waals surface area (Å²) in [5.74, 6) is 0.0237. The van der Waals surface area contributed by atoms with Crippen molar-refractivity contribution in [1.29, 1.82) is 0 Å². The van der Waals surface area contributed by atoms with Crippen molar-refractivity contribution >= 4 is 11.9 Å². The van der Waals surface area contributed by atoms with E-state index >= 15 is 0 Å². The van der Waals surface area contributed by atoms with Crippen molar-refractivity contribution in [3.8, 4) is 0 Å². The van der Waals surface area contributed by atoms with Crippen LogP contribution >= 0.6 is 0 Å². The predicted molar refractivity (Wildman–Crippen MR) is 104 cm³/mol. The van der Waals surface area contributed by atoms with E-state index in [-0.39, 0.29) is 11.9 Å². The summed E-state index contributed by atoms with van der Waals surface area (Å²) in [7, 11) is 0. The summed E-state index contributed by atoms with van der Waals surface area (Å²) in [5.41, 5.74) is 1.78. The number of amides is 3. The van der Waals surface area contributed by atoms with Crippen molar-refractivity contribution < 1.29 is 9.59 Å². The molecule has 1 aliphatic heterocycles. The van der Waals surface area contributed by atoms with Crippen LogP contribution in [-0.4, -0.2) is 75.7 Å². The minimum absolute atomic E-state index is 0.0237. The van der Waals surface area contributed by atoms with Crippen molar-refractivity contribution in [1.82, 2.24) is 24.5 Å². The van der Waals surface area contributed by atoms with Gasteiger partial charge < -0.3 is 14.7 Å². The van der Waals surface area contributed by atoms with Crippen LogP contribution in [0.2, 0.25) is 0 Å². The average molecular weight is 369 g/mol. The molecule has 1 aliphatic rings. The van der Waals surface area contributed by atoms with Gasteiger partial charge in [0.15, 0.2) is 0 Å². The molecule has 2 heterocycles. The van der Waals surface area contributed by atoms with Gasteiger partial charge in [0.2, 0.25) is 0 Å². The molecule has 0 bridgehead atoms. The molecule has 0 spiro atoms. The first kappa shape index (κ1) is 18.9. The molecule has 7 heteroatoms. The summed E-state index contributed by atoms with van der Waals surface area (Å²) in [5, 5.41) is 4.19. The molecule has 3 amide bonds. The van der Waals surface area contributed by atoms with Gasteiger partial charge in [-0.25, -0.2) is 4.79 Å². The van der Waals surface area contributed by atoms with E-state index in [9.17, 15) is 9.59 Å². The molecule has 1 fully saturated rings. The fraction of sp³-hybridized carbons (Fsp3) is 0.450. The third kappa shape index (κ3) is 4.48. The van der Waals surface area contributed by atoms with Gasteiger partial charge in [0.05, 0.1) is 6.54 Å². The molecule has 0 unspecified atom stereocenters. The maximum atomic E-state index is 12.7. The van der Waals surface area contributed by atoms with E-state index < -0.39 is 0 Å². The third-order valence-electron chi connectivity index (χ3n) is 4.98. The Bertz CT molecular complexity index is 745. The zero-order valence-corrected chi connectivity index (χ0v) is 16.0. The smallest absolute Gasteiger partial charge is 0.320 e. The Balaban J connectivity index is 1.55. The summed E-state index contributed by atoms with van der Waals surface area (Å²) >= 11 is 0. The number of carbonyl (C=O) groups excluding carboxylic acids is 2. The van der Waals surface area contributed by atoms with Crippen LogP contribution in [0.4, 0.5) is 4.79 Å². The lowest BCUT2D eigenvalue weighted by Gasteiger charge is -2.37. The van der Waals surface area contributed by atoms with Gasteiger partial charge in [0, 0.05) is 57.2 Å². The van der Waals surface area contributed by atoms with Crippen LogP contribution in [0.15, 0.2) is 42.7 Å². The predicted octanol–water partition coefficient (Wildman–Crippen LogP) is 2.15. The summed E-state index contributed by atoms with van der Waals surface area (Å²) in [4.78, 5) is 30.6. The van der Waals surface area contributed by atoms with Gasteiger partial charge in [0.25, 0.3) is 5.91 Å². The van der Waals surface area contributed by atoms with Gasteiger partial charge in [-0.2, -0.15) is 5.10 Å². The molecule has 0 atom stereocenters. The summed E-state index contributed by atoms with van der Waals surface area (Å²) in [6.07, 6.45) is 3.67. The molecule has 0 saturated carbocycles. The lowest BCUT2D eigenvalue weighted by atomic mass is 10.1. The number of nitrogens with zero attached hydrogens (tertiary/aromatic N) is 5. The Morgan fingerprint density at radius 3 is 2.19 bits per heavy atom. The summed E-state index contributed by atoms with van der Waals surface area (Å²) in [6.45, 7) is 8.37. The molecule has 0 radical (unpaired) electrons. The first-order valence-electron chi connectivity index (χ1n) is 9.51. The molecule has 2 aromatic rings. The highest BCUT2D eigenvalue weighted by molar-refractivity contribution is 5.94. The molecule has 1 aromatic carbocycles. The molecule has 27 heavy (non-hydrogen) atoms. The van der Waals surface area contributed by atoms with E-state index in [1.54, 1.807) is 6.20 Å². The van der Waals surface area contributed by atoms with Gasteiger partial charge >= 0.3 is 6.03 Å². The maximum absolute atomic E-state index is 12.7. The molecular weight excluding hydrogens is 342 g/mol. The molecule has 7 nitrogen and oxygen atoms in total. The van der Waals surface area contributed by atoms with Gasteiger partial charge in [-0.05, 0) is 37.6 Å². The van der Waals surface area contributed by atoms with Crippen LogP contribution in [0.3, 0.4) is 0 Å². The molecule has 1 saturated heterocycles. The second kappa shape index (κ2) is 8.70. The largest absolute Gasteiger partial charge is 0.335 e. The number of aromatic nitrogens is 2. The Labute approximate surface area is 160 Å². The number of piperazine rings is 1. The number of benzene rings is 1.